The van der Waals surface area contributed by atoms with E-state index in [0.29, 0.717) is 16.3 Å². The third kappa shape index (κ3) is 4.76. The molecule has 0 radical (unpaired) electrons. The maximum Gasteiger partial charge on any atom is 0.341 e. The van der Waals surface area contributed by atoms with E-state index in [-0.39, 0.29) is 21.0 Å². The largest absolute Gasteiger partial charge is 0.465 e. The van der Waals surface area contributed by atoms with Crippen LogP contribution in [0.2, 0.25) is 5.02 Å². The van der Waals surface area contributed by atoms with Crippen molar-refractivity contribution in [1.29, 1.82) is 0 Å². The Morgan fingerprint density at radius 2 is 1.74 bits per heavy atom. The molecule has 0 atom stereocenters. The van der Waals surface area contributed by atoms with Gasteiger partial charge in [0.1, 0.15) is 10.8 Å². The van der Waals surface area contributed by atoms with Crippen LogP contribution in [0.15, 0.2) is 42.5 Å². The van der Waals surface area contributed by atoms with E-state index in [0.717, 1.165) is 23.0 Å². The fraction of sp³-hybridized carbons (Fsp3) is 0.136. The lowest BCUT2D eigenvalue weighted by Crippen LogP contribution is -2.15. The number of hydrogen-bond acceptors (Lipinski definition) is 5. The van der Waals surface area contributed by atoms with Crippen molar-refractivity contribution in [1.82, 2.24) is 0 Å². The molecule has 0 aliphatic heterocycles. The maximum atomic E-state index is 14.0. The van der Waals surface area contributed by atoms with Gasteiger partial charge in [0.15, 0.2) is 0 Å². The van der Waals surface area contributed by atoms with Crippen LogP contribution in [0.4, 0.5) is 15.1 Å². The average molecular weight is 461 g/mol. The van der Waals surface area contributed by atoms with E-state index < -0.39 is 23.6 Å². The number of ether oxygens (including phenoxy) is 1. The second-order valence-electron chi connectivity index (χ2n) is 6.60. The Morgan fingerprint density at radius 1 is 1.03 bits per heavy atom. The van der Waals surface area contributed by atoms with Crippen molar-refractivity contribution in [3.8, 4) is 0 Å². The summed E-state index contributed by atoms with van der Waals surface area (Å²) >= 11 is 7.00. The summed E-state index contributed by atoms with van der Waals surface area (Å²) in [6.07, 6.45) is 0. The molecule has 1 aromatic heterocycles. The summed E-state index contributed by atoms with van der Waals surface area (Å²) < 4.78 is 18.8. The summed E-state index contributed by atoms with van der Waals surface area (Å²) in [4.78, 5) is 37.9. The Balaban J connectivity index is 1.95. The quantitative estimate of drug-likeness (QED) is 0.496. The van der Waals surface area contributed by atoms with Crippen molar-refractivity contribution in [2.75, 3.05) is 17.7 Å². The van der Waals surface area contributed by atoms with Gasteiger partial charge in [-0.2, -0.15) is 0 Å². The van der Waals surface area contributed by atoms with Crippen LogP contribution >= 0.6 is 22.9 Å². The molecule has 0 fully saturated rings. The second-order valence-corrected chi connectivity index (χ2v) is 8.03. The molecule has 31 heavy (non-hydrogen) atoms. The summed E-state index contributed by atoms with van der Waals surface area (Å²) in [5, 5.41) is 5.82. The van der Waals surface area contributed by atoms with Gasteiger partial charge < -0.3 is 15.4 Å². The van der Waals surface area contributed by atoms with Gasteiger partial charge in [-0.05, 0) is 49.2 Å². The summed E-state index contributed by atoms with van der Waals surface area (Å²) in [5.41, 5.74) is 1.51. The van der Waals surface area contributed by atoms with E-state index in [1.807, 2.05) is 6.92 Å². The highest BCUT2D eigenvalue weighted by atomic mass is 35.5. The zero-order valence-corrected chi connectivity index (χ0v) is 18.4. The van der Waals surface area contributed by atoms with Gasteiger partial charge in [-0.1, -0.05) is 29.8 Å². The van der Waals surface area contributed by atoms with Crippen LogP contribution in [0, 0.1) is 19.7 Å². The SMILES string of the molecule is COC(=O)c1c(NC(=O)c2ccccc2F)sc(C(=O)Nc2ccc(C)c(Cl)c2)c1C. The van der Waals surface area contributed by atoms with Crippen molar-refractivity contribution < 1.29 is 23.5 Å². The molecule has 0 saturated carbocycles. The van der Waals surface area contributed by atoms with Crippen molar-refractivity contribution in [2.24, 2.45) is 0 Å². The van der Waals surface area contributed by atoms with Crippen LogP contribution in [-0.4, -0.2) is 24.9 Å². The Kier molecular flexibility index (Phi) is 6.72. The molecule has 0 aliphatic carbocycles. The van der Waals surface area contributed by atoms with Gasteiger partial charge in [0.2, 0.25) is 0 Å². The van der Waals surface area contributed by atoms with Gasteiger partial charge in [-0.15, -0.1) is 11.3 Å². The molecule has 3 aromatic rings. The van der Waals surface area contributed by atoms with Crippen LogP contribution in [-0.2, 0) is 4.74 Å². The monoisotopic (exact) mass is 460 g/mol. The zero-order chi connectivity index (χ0) is 22.7. The minimum absolute atomic E-state index is 0.0317. The van der Waals surface area contributed by atoms with E-state index in [1.165, 1.54) is 25.3 Å². The highest BCUT2D eigenvalue weighted by Crippen LogP contribution is 2.35. The van der Waals surface area contributed by atoms with Crippen LogP contribution in [0.3, 0.4) is 0 Å². The first-order valence-corrected chi connectivity index (χ1v) is 10.3. The molecule has 9 heteroatoms. The number of esters is 1. The van der Waals surface area contributed by atoms with E-state index in [2.05, 4.69) is 10.6 Å². The normalized spacial score (nSPS) is 10.5. The van der Waals surface area contributed by atoms with Gasteiger partial charge in [-0.3, -0.25) is 9.59 Å². The molecule has 1 heterocycles. The number of rotatable bonds is 5. The highest BCUT2D eigenvalue weighted by molar-refractivity contribution is 7.19. The minimum Gasteiger partial charge on any atom is -0.465 e. The predicted octanol–water partition coefficient (Wildman–Crippen LogP) is 5.45. The molecule has 0 unspecified atom stereocenters. The number of thiophene rings is 1. The third-order valence-corrected chi connectivity index (χ3v) is 6.13. The number of hydrogen-bond donors (Lipinski definition) is 2. The number of methoxy groups -OCH3 is 1. The van der Waals surface area contributed by atoms with E-state index in [9.17, 15) is 18.8 Å². The van der Waals surface area contributed by atoms with Crippen molar-refractivity contribution in [3.63, 3.8) is 0 Å². The lowest BCUT2D eigenvalue weighted by atomic mass is 10.1. The van der Waals surface area contributed by atoms with Crippen molar-refractivity contribution in [3.05, 3.63) is 80.4 Å². The molecular formula is C22H18ClFN2O4S. The van der Waals surface area contributed by atoms with Gasteiger partial charge in [0.25, 0.3) is 11.8 Å². The fourth-order valence-corrected chi connectivity index (χ4v) is 4.11. The Morgan fingerprint density at radius 3 is 2.39 bits per heavy atom. The molecule has 6 nitrogen and oxygen atoms in total. The summed E-state index contributed by atoms with van der Waals surface area (Å²) in [6.45, 7) is 3.41. The number of carbonyl (C=O) groups excluding carboxylic acids is 3. The molecule has 2 aromatic carbocycles. The second kappa shape index (κ2) is 9.28. The number of nitrogens with one attached hydrogen (secondary N) is 2. The third-order valence-electron chi connectivity index (χ3n) is 4.52. The van der Waals surface area contributed by atoms with E-state index >= 15 is 0 Å². The Labute approximate surface area is 187 Å². The number of carbonyl (C=O) groups is 3. The van der Waals surface area contributed by atoms with Gasteiger partial charge in [0, 0.05) is 10.7 Å². The Hall–Kier alpha value is -3.23. The Bertz CT molecular complexity index is 1190. The molecular weight excluding hydrogens is 443 g/mol. The first-order chi connectivity index (χ1) is 14.7. The number of aryl methyl sites for hydroxylation is 1. The molecule has 2 N–H and O–H groups in total. The standard InChI is InChI=1S/C22H18ClFN2O4S/c1-11-8-9-13(10-15(11)23)25-20(28)18-12(2)17(22(29)30-3)21(31-18)26-19(27)14-6-4-5-7-16(14)24/h4-10H,1-3H3,(H,25,28)(H,26,27). The summed E-state index contributed by atoms with van der Waals surface area (Å²) in [6, 6.07) is 10.5. The maximum absolute atomic E-state index is 14.0. The molecule has 0 saturated heterocycles. The lowest BCUT2D eigenvalue weighted by molar-refractivity contribution is 0.0601. The van der Waals surface area contributed by atoms with E-state index in [1.54, 1.807) is 25.1 Å². The molecule has 0 spiro atoms. The van der Waals surface area contributed by atoms with Crippen molar-refractivity contribution in [2.45, 2.75) is 13.8 Å². The van der Waals surface area contributed by atoms with Crippen molar-refractivity contribution >= 4 is 51.4 Å². The van der Waals surface area contributed by atoms with Crippen LogP contribution in [0.25, 0.3) is 0 Å². The number of benzene rings is 2. The number of halogens is 2. The van der Waals surface area contributed by atoms with Crippen LogP contribution < -0.4 is 10.6 Å². The van der Waals surface area contributed by atoms with E-state index in [4.69, 9.17) is 16.3 Å². The molecule has 3 rings (SSSR count). The smallest absolute Gasteiger partial charge is 0.341 e. The van der Waals surface area contributed by atoms with Gasteiger partial charge in [0.05, 0.1) is 23.1 Å². The predicted molar refractivity (Wildman–Crippen MR) is 119 cm³/mol. The van der Waals surface area contributed by atoms with Crippen LogP contribution in [0.5, 0.6) is 0 Å². The topological polar surface area (TPSA) is 84.5 Å². The summed E-state index contributed by atoms with van der Waals surface area (Å²) in [7, 11) is 1.19. The lowest BCUT2D eigenvalue weighted by Gasteiger charge is -2.07. The number of amides is 2. The zero-order valence-electron chi connectivity index (χ0n) is 16.8. The molecule has 0 aliphatic rings. The molecule has 0 bridgehead atoms. The van der Waals surface area contributed by atoms with Gasteiger partial charge >= 0.3 is 5.97 Å². The molecule has 160 valence electrons. The average Bonchev–Trinajstić information content (AvgIpc) is 3.06. The molecule has 2 amide bonds. The highest BCUT2D eigenvalue weighted by Gasteiger charge is 2.27. The van der Waals surface area contributed by atoms with Gasteiger partial charge in [-0.25, -0.2) is 9.18 Å². The fourth-order valence-electron chi connectivity index (χ4n) is 2.84. The van der Waals surface area contributed by atoms with Crippen LogP contribution in [0.1, 0.15) is 41.5 Å². The number of anilines is 2. The first kappa shape index (κ1) is 22.5. The minimum atomic E-state index is -0.748. The first-order valence-electron chi connectivity index (χ1n) is 9.08. The summed E-state index contributed by atoms with van der Waals surface area (Å²) in [5.74, 6) is -2.67.